The molecular formula is C20H16O2. The molecule has 3 aromatic rings. The second-order valence-corrected chi connectivity index (χ2v) is 4.98. The molecule has 0 aliphatic carbocycles. The van der Waals surface area contributed by atoms with Crippen molar-refractivity contribution in [3.63, 3.8) is 0 Å². The zero-order valence-corrected chi connectivity index (χ0v) is 12.3. The molecule has 0 fully saturated rings. The highest BCUT2D eigenvalue weighted by Crippen LogP contribution is 2.25. The Kier molecular flexibility index (Phi) is 4.01. The van der Waals surface area contributed by atoms with Crippen LogP contribution in [-0.2, 0) is 4.74 Å². The Bertz CT molecular complexity index is 833. The van der Waals surface area contributed by atoms with Crippen LogP contribution in [0.4, 0.5) is 0 Å². The highest BCUT2D eigenvalue weighted by atomic mass is 16.5. The minimum absolute atomic E-state index is 0.310. The van der Waals surface area contributed by atoms with Gasteiger partial charge in [0.05, 0.1) is 12.7 Å². The first-order chi connectivity index (χ1) is 10.8. The average molecular weight is 288 g/mol. The predicted molar refractivity (Wildman–Crippen MR) is 90.7 cm³/mol. The lowest BCUT2D eigenvalue weighted by Crippen LogP contribution is -2.02. The lowest BCUT2D eigenvalue weighted by Gasteiger charge is -2.07. The molecule has 0 atom stereocenters. The van der Waals surface area contributed by atoms with Gasteiger partial charge in [0, 0.05) is 0 Å². The maximum atomic E-state index is 11.9. The Balaban J connectivity index is 2.08. The molecule has 108 valence electrons. The van der Waals surface area contributed by atoms with E-state index in [-0.39, 0.29) is 5.97 Å². The molecule has 0 aliphatic heterocycles. The van der Waals surface area contributed by atoms with Crippen LogP contribution >= 0.6 is 0 Å². The fraction of sp³-hybridized carbons (Fsp3) is 0.0500. The first kappa shape index (κ1) is 14.1. The highest BCUT2D eigenvalue weighted by Gasteiger charge is 2.11. The average Bonchev–Trinajstić information content (AvgIpc) is 2.60. The van der Waals surface area contributed by atoms with Crippen LogP contribution in [0.1, 0.15) is 21.5 Å². The van der Waals surface area contributed by atoms with Gasteiger partial charge in [-0.25, -0.2) is 4.79 Å². The number of carbonyl (C=O) groups excluding carboxylic acids is 1. The molecule has 0 bridgehead atoms. The summed E-state index contributed by atoms with van der Waals surface area (Å²) in [5, 5.41) is 1.95. The van der Waals surface area contributed by atoms with Gasteiger partial charge in [-0.1, -0.05) is 72.8 Å². The number of benzene rings is 3. The highest BCUT2D eigenvalue weighted by molar-refractivity contribution is 6.07. The summed E-state index contributed by atoms with van der Waals surface area (Å²) in [5.41, 5.74) is 2.81. The van der Waals surface area contributed by atoms with Gasteiger partial charge in [0.1, 0.15) is 0 Å². The topological polar surface area (TPSA) is 26.3 Å². The number of fused-ring (bicyclic) bond motifs is 1. The van der Waals surface area contributed by atoms with Crippen molar-refractivity contribution < 1.29 is 9.53 Å². The van der Waals surface area contributed by atoms with E-state index >= 15 is 0 Å². The van der Waals surface area contributed by atoms with Crippen molar-refractivity contribution in [3.05, 3.63) is 83.4 Å². The molecule has 22 heavy (non-hydrogen) atoms. The number of hydrogen-bond acceptors (Lipinski definition) is 2. The zero-order chi connectivity index (χ0) is 15.4. The lowest BCUT2D eigenvalue weighted by atomic mass is 9.99. The van der Waals surface area contributed by atoms with Crippen molar-refractivity contribution in [1.29, 1.82) is 0 Å². The van der Waals surface area contributed by atoms with E-state index in [1.165, 1.54) is 7.11 Å². The largest absolute Gasteiger partial charge is 0.465 e. The van der Waals surface area contributed by atoms with Crippen LogP contribution in [-0.4, -0.2) is 13.1 Å². The fourth-order valence-corrected chi connectivity index (χ4v) is 2.51. The molecule has 2 heteroatoms. The van der Waals surface area contributed by atoms with Crippen LogP contribution < -0.4 is 0 Å². The van der Waals surface area contributed by atoms with Gasteiger partial charge in [0.2, 0.25) is 0 Å². The Hall–Kier alpha value is -2.87. The van der Waals surface area contributed by atoms with E-state index in [4.69, 9.17) is 4.74 Å². The van der Waals surface area contributed by atoms with E-state index < -0.39 is 0 Å². The van der Waals surface area contributed by atoms with Crippen molar-refractivity contribution >= 4 is 28.9 Å². The Labute approximate surface area is 129 Å². The van der Waals surface area contributed by atoms with E-state index in [1.807, 2.05) is 54.6 Å². The summed E-state index contributed by atoms with van der Waals surface area (Å²) in [6.45, 7) is 0. The van der Waals surface area contributed by atoms with Gasteiger partial charge in [0.25, 0.3) is 0 Å². The van der Waals surface area contributed by atoms with Gasteiger partial charge >= 0.3 is 5.97 Å². The van der Waals surface area contributed by atoms with Crippen LogP contribution in [0.5, 0.6) is 0 Å². The van der Waals surface area contributed by atoms with E-state index in [0.29, 0.717) is 5.56 Å². The molecule has 3 rings (SSSR count). The molecule has 0 unspecified atom stereocenters. The third-order valence-corrected chi connectivity index (χ3v) is 3.62. The van der Waals surface area contributed by atoms with Gasteiger partial charge in [0.15, 0.2) is 0 Å². The summed E-state index contributed by atoms with van der Waals surface area (Å²) < 4.78 is 4.86. The Morgan fingerprint density at radius 2 is 1.50 bits per heavy atom. The van der Waals surface area contributed by atoms with Gasteiger partial charge in [-0.3, -0.25) is 0 Å². The smallest absolute Gasteiger partial charge is 0.338 e. The van der Waals surface area contributed by atoms with Crippen molar-refractivity contribution in [2.75, 3.05) is 7.11 Å². The standard InChI is InChI=1S/C20H16O2/c1-22-20(21)19-14-13-16(17-9-5-6-10-18(17)19)12-11-15-7-3-2-4-8-15/h2-14H,1H3. The molecule has 0 amide bonds. The van der Waals surface area contributed by atoms with Crippen molar-refractivity contribution in [1.82, 2.24) is 0 Å². The number of hydrogen-bond donors (Lipinski definition) is 0. The molecule has 0 spiro atoms. The first-order valence-corrected chi connectivity index (χ1v) is 7.13. The monoisotopic (exact) mass is 288 g/mol. The van der Waals surface area contributed by atoms with Crippen LogP contribution in [0.15, 0.2) is 66.7 Å². The van der Waals surface area contributed by atoms with Crippen LogP contribution in [0.2, 0.25) is 0 Å². The molecular weight excluding hydrogens is 272 g/mol. The minimum Gasteiger partial charge on any atom is -0.465 e. The number of carbonyl (C=O) groups is 1. The molecule has 0 aliphatic rings. The van der Waals surface area contributed by atoms with Gasteiger partial charge in [-0.2, -0.15) is 0 Å². The van der Waals surface area contributed by atoms with E-state index in [1.54, 1.807) is 0 Å². The molecule has 3 aromatic carbocycles. The van der Waals surface area contributed by atoms with Crippen LogP contribution in [0.25, 0.3) is 22.9 Å². The van der Waals surface area contributed by atoms with Crippen LogP contribution in [0.3, 0.4) is 0 Å². The number of methoxy groups -OCH3 is 1. The Morgan fingerprint density at radius 3 is 2.23 bits per heavy atom. The number of ether oxygens (including phenoxy) is 1. The lowest BCUT2D eigenvalue weighted by molar-refractivity contribution is 0.0603. The molecule has 0 radical (unpaired) electrons. The molecule has 2 nitrogen and oxygen atoms in total. The molecule has 0 saturated heterocycles. The molecule has 0 N–H and O–H groups in total. The van der Waals surface area contributed by atoms with Crippen molar-refractivity contribution in [2.45, 2.75) is 0 Å². The maximum absolute atomic E-state index is 11.9. The van der Waals surface area contributed by atoms with Crippen molar-refractivity contribution in [3.8, 4) is 0 Å². The summed E-state index contributed by atoms with van der Waals surface area (Å²) in [6.07, 6.45) is 4.14. The quantitative estimate of drug-likeness (QED) is 0.511. The third kappa shape index (κ3) is 2.77. The van der Waals surface area contributed by atoms with Gasteiger partial charge < -0.3 is 4.74 Å². The summed E-state index contributed by atoms with van der Waals surface area (Å²) in [6, 6.07) is 21.8. The summed E-state index contributed by atoms with van der Waals surface area (Å²) in [5.74, 6) is -0.310. The summed E-state index contributed by atoms with van der Waals surface area (Å²) in [7, 11) is 1.40. The second-order valence-electron chi connectivity index (χ2n) is 4.98. The van der Waals surface area contributed by atoms with Gasteiger partial charge in [-0.05, 0) is 28.0 Å². The zero-order valence-electron chi connectivity index (χ0n) is 12.3. The Morgan fingerprint density at radius 1 is 0.818 bits per heavy atom. The normalized spacial score (nSPS) is 11.0. The summed E-state index contributed by atoms with van der Waals surface area (Å²) in [4.78, 5) is 11.9. The first-order valence-electron chi connectivity index (χ1n) is 7.13. The third-order valence-electron chi connectivity index (χ3n) is 3.62. The maximum Gasteiger partial charge on any atom is 0.338 e. The molecule has 0 aromatic heterocycles. The predicted octanol–water partition coefficient (Wildman–Crippen LogP) is 4.80. The van der Waals surface area contributed by atoms with E-state index in [0.717, 1.165) is 21.9 Å². The number of rotatable bonds is 3. The van der Waals surface area contributed by atoms with E-state index in [9.17, 15) is 4.79 Å². The van der Waals surface area contributed by atoms with Crippen LogP contribution in [0, 0.1) is 0 Å². The fourth-order valence-electron chi connectivity index (χ4n) is 2.51. The molecule has 0 saturated carbocycles. The SMILES string of the molecule is COC(=O)c1ccc(C=Cc2ccccc2)c2ccccc12. The second kappa shape index (κ2) is 6.27. The number of esters is 1. The van der Waals surface area contributed by atoms with Gasteiger partial charge in [-0.15, -0.1) is 0 Å². The molecule has 0 heterocycles. The van der Waals surface area contributed by atoms with Crippen molar-refractivity contribution in [2.24, 2.45) is 0 Å². The minimum atomic E-state index is -0.310. The summed E-state index contributed by atoms with van der Waals surface area (Å²) >= 11 is 0. The van der Waals surface area contributed by atoms with E-state index in [2.05, 4.69) is 24.3 Å².